The summed E-state index contributed by atoms with van der Waals surface area (Å²) in [5.74, 6) is -1.36. The first-order valence-corrected chi connectivity index (χ1v) is 8.87. The van der Waals surface area contributed by atoms with Crippen LogP contribution in [0.1, 0.15) is 57.4 Å². The second-order valence-corrected chi connectivity index (χ2v) is 6.05. The molecule has 132 valence electrons. The van der Waals surface area contributed by atoms with Gasteiger partial charge in [0.1, 0.15) is 6.04 Å². The number of carbonyl (C=O) groups excluding carboxylic acids is 1. The van der Waals surface area contributed by atoms with Crippen molar-refractivity contribution in [1.82, 2.24) is 5.32 Å². The molecule has 0 aliphatic carbocycles. The molecule has 1 atom stereocenters. The van der Waals surface area contributed by atoms with Gasteiger partial charge in [0.15, 0.2) is 0 Å². The fourth-order valence-corrected chi connectivity index (χ4v) is 2.50. The van der Waals surface area contributed by atoms with Gasteiger partial charge in [-0.05, 0) is 24.5 Å². The monoisotopic (exact) mass is 331 g/mol. The van der Waals surface area contributed by atoms with Gasteiger partial charge in [0.05, 0.1) is 0 Å². The zero-order valence-corrected chi connectivity index (χ0v) is 14.5. The lowest BCUT2D eigenvalue weighted by molar-refractivity contribution is -0.141. The molecule has 0 unspecified atom stereocenters. The highest BCUT2D eigenvalue weighted by Crippen LogP contribution is 2.07. The van der Waals surface area contributed by atoms with Crippen molar-refractivity contribution in [1.29, 1.82) is 0 Å². The fourth-order valence-electron chi connectivity index (χ4n) is 2.50. The Morgan fingerprint density at radius 2 is 1.75 bits per heavy atom. The van der Waals surface area contributed by atoms with Gasteiger partial charge in [0.2, 0.25) is 5.91 Å². The van der Waals surface area contributed by atoms with Crippen molar-refractivity contribution in [3.63, 3.8) is 0 Å². The normalized spacial score (nSPS) is 12.2. The standard InChI is InChI=1S/C20H29NO3/c1-2-3-4-5-6-7-8-12-15-19(22)21-18(20(23)24)16-17-13-10-9-11-14-17/h9-15,18H,2-8,16H2,1H3,(H,21,22)(H,23,24)/b15-12+/t18-/m0/s1. The first-order valence-electron chi connectivity index (χ1n) is 8.87. The molecule has 1 rings (SSSR count). The third-order valence-corrected chi connectivity index (χ3v) is 3.89. The summed E-state index contributed by atoms with van der Waals surface area (Å²) in [6, 6.07) is 8.40. The van der Waals surface area contributed by atoms with E-state index in [9.17, 15) is 14.7 Å². The SMILES string of the molecule is CCCCCCCC/C=C/C(=O)N[C@@H](Cc1ccccc1)C(=O)O. The Morgan fingerprint density at radius 1 is 1.08 bits per heavy atom. The average Bonchev–Trinajstić information content (AvgIpc) is 2.57. The number of hydrogen-bond donors (Lipinski definition) is 2. The quantitative estimate of drug-likeness (QED) is 0.447. The maximum absolute atomic E-state index is 11.9. The second kappa shape index (κ2) is 12.3. The van der Waals surface area contributed by atoms with Crippen molar-refractivity contribution >= 4 is 11.9 Å². The highest BCUT2D eigenvalue weighted by Gasteiger charge is 2.19. The second-order valence-electron chi connectivity index (χ2n) is 6.05. The molecule has 4 heteroatoms. The average molecular weight is 331 g/mol. The van der Waals surface area contributed by atoms with Crippen molar-refractivity contribution in [3.8, 4) is 0 Å². The summed E-state index contributed by atoms with van der Waals surface area (Å²) < 4.78 is 0. The van der Waals surface area contributed by atoms with Crippen LogP contribution in [0.5, 0.6) is 0 Å². The number of carbonyl (C=O) groups is 2. The number of rotatable bonds is 12. The molecule has 0 saturated carbocycles. The van der Waals surface area contributed by atoms with E-state index < -0.39 is 12.0 Å². The van der Waals surface area contributed by atoms with E-state index in [4.69, 9.17) is 0 Å². The third-order valence-electron chi connectivity index (χ3n) is 3.89. The number of unbranched alkanes of at least 4 members (excludes halogenated alkanes) is 6. The minimum atomic E-state index is -1.02. The molecule has 0 radical (unpaired) electrons. The van der Waals surface area contributed by atoms with Gasteiger partial charge < -0.3 is 10.4 Å². The number of allylic oxidation sites excluding steroid dienone is 1. The van der Waals surface area contributed by atoms with Gasteiger partial charge in [-0.1, -0.05) is 75.4 Å². The Kier molecular flexibility index (Phi) is 10.3. The van der Waals surface area contributed by atoms with Crippen molar-refractivity contribution in [2.45, 2.75) is 64.3 Å². The molecule has 1 aromatic carbocycles. The summed E-state index contributed by atoms with van der Waals surface area (Å²) >= 11 is 0. The van der Waals surface area contributed by atoms with Crippen LogP contribution in [0.25, 0.3) is 0 Å². The summed E-state index contributed by atoms with van der Waals surface area (Å²) in [5.41, 5.74) is 0.890. The molecule has 2 N–H and O–H groups in total. The van der Waals surface area contributed by atoms with E-state index in [-0.39, 0.29) is 12.3 Å². The number of hydrogen-bond acceptors (Lipinski definition) is 2. The number of carboxylic acids is 1. The van der Waals surface area contributed by atoms with Crippen LogP contribution in [0.3, 0.4) is 0 Å². The Morgan fingerprint density at radius 3 is 2.42 bits per heavy atom. The van der Waals surface area contributed by atoms with E-state index in [1.165, 1.54) is 38.2 Å². The molecule has 0 spiro atoms. The maximum atomic E-state index is 11.9. The number of amides is 1. The molecule has 0 saturated heterocycles. The van der Waals surface area contributed by atoms with Crippen molar-refractivity contribution in [2.24, 2.45) is 0 Å². The van der Waals surface area contributed by atoms with Gasteiger partial charge in [-0.25, -0.2) is 4.79 Å². The fraction of sp³-hybridized carbons (Fsp3) is 0.500. The number of aliphatic carboxylic acids is 1. The zero-order valence-electron chi connectivity index (χ0n) is 14.5. The van der Waals surface area contributed by atoms with Crippen LogP contribution in [-0.4, -0.2) is 23.0 Å². The van der Waals surface area contributed by atoms with Crippen LogP contribution in [0.15, 0.2) is 42.5 Å². The number of nitrogens with one attached hydrogen (secondary N) is 1. The first-order chi connectivity index (χ1) is 11.6. The third kappa shape index (κ3) is 9.13. The first kappa shape index (κ1) is 19.9. The number of benzene rings is 1. The van der Waals surface area contributed by atoms with Gasteiger partial charge in [-0.2, -0.15) is 0 Å². The molecule has 0 fully saturated rings. The summed E-state index contributed by atoms with van der Waals surface area (Å²) in [6.07, 6.45) is 11.7. The minimum Gasteiger partial charge on any atom is -0.480 e. The molecule has 4 nitrogen and oxygen atoms in total. The lowest BCUT2D eigenvalue weighted by Crippen LogP contribution is -2.41. The van der Waals surface area contributed by atoms with Crippen molar-refractivity contribution < 1.29 is 14.7 Å². The molecule has 0 aliphatic heterocycles. The lowest BCUT2D eigenvalue weighted by atomic mass is 10.1. The topological polar surface area (TPSA) is 66.4 Å². The van der Waals surface area contributed by atoms with Gasteiger partial charge >= 0.3 is 5.97 Å². The van der Waals surface area contributed by atoms with E-state index in [1.807, 2.05) is 36.4 Å². The van der Waals surface area contributed by atoms with Gasteiger partial charge in [0, 0.05) is 6.42 Å². The van der Waals surface area contributed by atoms with E-state index >= 15 is 0 Å². The Hall–Kier alpha value is -2.10. The highest BCUT2D eigenvalue weighted by atomic mass is 16.4. The van der Waals surface area contributed by atoms with Gasteiger partial charge in [-0.3, -0.25) is 4.79 Å². The van der Waals surface area contributed by atoms with Crippen LogP contribution in [0.4, 0.5) is 0 Å². The summed E-state index contributed by atoms with van der Waals surface area (Å²) in [6.45, 7) is 2.20. The van der Waals surface area contributed by atoms with E-state index in [2.05, 4.69) is 12.2 Å². The highest BCUT2D eigenvalue weighted by molar-refractivity contribution is 5.91. The van der Waals surface area contributed by atoms with Crippen LogP contribution < -0.4 is 5.32 Å². The molecule has 0 bridgehead atoms. The van der Waals surface area contributed by atoms with Gasteiger partial charge in [-0.15, -0.1) is 0 Å². The number of carboxylic acid groups (broad SMARTS) is 1. The molecule has 24 heavy (non-hydrogen) atoms. The molecule has 0 heterocycles. The predicted octanol–water partition coefficient (Wildman–Crippen LogP) is 4.11. The summed E-state index contributed by atoms with van der Waals surface area (Å²) in [4.78, 5) is 23.2. The zero-order chi connectivity index (χ0) is 17.6. The Balaban J connectivity index is 2.30. The van der Waals surface area contributed by atoms with Crippen LogP contribution in [0.2, 0.25) is 0 Å². The molecule has 1 aromatic rings. The molecule has 0 aliphatic rings. The van der Waals surface area contributed by atoms with Crippen LogP contribution >= 0.6 is 0 Å². The summed E-state index contributed by atoms with van der Waals surface area (Å²) in [5, 5.41) is 11.8. The molecular weight excluding hydrogens is 302 g/mol. The van der Waals surface area contributed by atoms with E-state index in [0.29, 0.717) is 0 Å². The maximum Gasteiger partial charge on any atom is 0.326 e. The minimum absolute atomic E-state index is 0.285. The van der Waals surface area contributed by atoms with Crippen molar-refractivity contribution in [2.75, 3.05) is 0 Å². The smallest absolute Gasteiger partial charge is 0.326 e. The van der Waals surface area contributed by atoms with Gasteiger partial charge in [0.25, 0.3) is 0 Å². The van der Waals surface area contributed by atoms with E-state index in [0.717, 1.165) is 18.4 Å². The Labute approximate surface area is 145 Å². The Bertz CT molecular complexity index is 511. The molecule has 0 aromatic heterocycles. The van der Waals surface area contributed by atoms with Crippen molar-refractivity contribution in [3.05, 3.63) is 48.0 Å². The summed E-state index contributed by atoms with van der Waals surface area (Å²) in [7, 11) is 0. The van der Waals surface area contributed by atoms with E-state index in [1.54, 1.807) is 0 Å². The predicted molar refractivity (Wildman–Crippen MR) is 96.8 cm³/mol. The molecule has 1 amide bonds. The van der Waals surface area contributed by atoms with Crippen LogP contribution in [-0.2, 0) is 16.0 Å². The lowest BCUT2D eigenvalue weighted by Gasteiger charge is -2.13. The largest absolute Gasteiger partial charge is 0.480 e. The van der Waals surface area contributed by atoms with Crippen LogP contribution in [0, 0.1) is 0 Å². The molecular formula is C20H29NO3.